The number of amides is 1. The highest BCUT2D eigenvalue weighted by Crippen LogP contribution is 2.38. The van der Waals surface area contributed by atoms with E-state index in [0.717, 1.165) is 49.4 Å². The summed E-state index contributed by atoms with van der Waals surface area (Å²) in [7, 11) is 0. The van der Waals surface area contributed by atoms with Crippen LogP contribution in [0.1, 0.15) is 36.9 Å². The molecule has 1 aromatic heterocycles. The van der Waals surface area contributed by atoms with Crippen LogP contribution in [0.3, 0.4) is 0 Å². The summed E-state index contributed by atoms with van der Waals surface area (Å²) in [5.74, 6) is 2.60. The van der Waals surface area contributed by atoms with Gasteiger partial charge in [0.1, 0.15) is 11.9 Å². The Balaban J connectivity index is 1.44. The summed E-state index contributed by atoms with van der Waals surface area (Å²) in [6, 6.07) is 5.92. The second-order valence-electron chi connectivity index (χ2n) is 7.56. The molecule has 1 amide bonds. The monoisotopic (exact) mass is 324 g/mol. The number of likely N-dealkylation sites (tertiary alicyclic amines) is 1. The predicted molar refractivity (Wildman–Crippen MR) is 91.4 cm³/mol. The molecule has 3 fully saturated rings. The molecule has 2 saturated heterocycles. The van der Waals surface area contributed by atoms with Gasteiger partial charge in [0.05, 0.1) is 11.5 Å². The molecule has 0 spiro atoms. The Morgan fingerprint density at radius 1 is 1.21 bits per heavy atom. The Kier molecular flexibility index (Phi) is 3.91. The van der Waals surface area contributed by atoms with Crippen molar-refractivity contribution in [2.45, 2.75) is 32.6 Å². The fraction of sp³-hybridized carbons (Fsp3) is 0.632. The van der Waals surface area contributed by atoms with Crippen LogP contribution in [0, 0.1) is 36.0 Å². The van der Waals surface area contributed by atoms with Crippen LogP contribution < -0.4 is 4.90 Å². The fourth-order valence-electron chi connectivity index (χ4n) is 4.70. The summed E-state index contributed by atoms with van der Waals surface area (Å²) in [4.78, 5) is 21.7. The topological polar surface area (TPSA) is 60.2 Å². The minimum Gasteiger partial charge on any atom is -0.355 e. The minimum atomic E-state index is 0.0534. The molecule has 5 nitrogen and oxygen atoms in total. The van der Waals surface area contributed by atoms with Gasteiger partial charge in [0.15, 0.2) is 0 Å². The molecular formula is C19H24N4O. The zero-order valence-corrected chi connectivity index (χ0v) is 14.2. The molecule has 0 radical (unpaired) electrons. The first-order valence-corrected chi connectivity index (χ1v) is 9.07. The maximum Gasteiger partial charge on any atom is 0.227 e. The summed E-state index contributed by atoms with van der Waals surface area (Å²) >= 11 is 0. The third-order valence-corrected chi connectivity index (χ3v) is 6.01. The van der Waals surface area contributed by atoms with Gasteiger partial charge in [-0.1, -0.05) is 6.42 Å². The van der Waals surface area contributed by atoms with E-state index in [0.29, 0.717) is 18.0 Å². The number of aryl methyl sites for hydroxylation is 1. The molecule has 24 heavy (non-hydrogen) atoms. The van der Waals surface area contributed by atoms with Gasteiger partial charge in [-0.2, -0.15) is 5.26 Å². The van der Waals surface area contributed by atoms with Crippen molar-refractivity contribution < 1.29 is 4.79 Å². The van der Waals surface area contributed by atoms with E-state index in [1.54, 1.807) is 0 Å². The fourth-order valence-corrected chi connectivity index (χ4v) is 4.70. The number of anilines is 1. The van der Waals surface area contributed by atoms with Crippen LogP contribution in [-0.4, -0.2) is 42.0 Å². The van der Waals surface area contributed by atoms with Crippen molar-refractivity contribution >= 4 is 11.7 Å². The van der Waals surface area contributed by atoms with E-state index in [1.165, 1.54) is 19.3 Å². The average molecular weight is 324 g/mol. The quantitative estimate of drug-likeness (QED) is 0.838. The molecule has 0 bridgehead atoms. The van der Waals surface area contributed by atoms with E-state index in [4.69, 9.17) is 0 Å². The molecule has 4 rings (SSSR count). The molecule has 126 valence electrons. The number of carbonyl (C=O) groups excluding carboxylic acids is 1. The Labute approximate surface area is 143 Å². The van der Waals surface area contributed by atoms with Crippen LogP contribution in [-0.2, 0) is 4.79 Å². The van der Waals surface area contributed by atoms with Crippen molar-refractivity contribution in [2.75, 3.05) is 31.1 Å². The van der Waals surface area contributed by atoms with Gasteiger partial charge in [-0.05, 0) is 50.2 Å². The molecule has 5 heteroatoms. The van der Waals surface area contributed by atoms with Crippen molar-refractivity contribution in [1.82, 2.24) is 9.88 Å². The second-order valence-corrected chi connectivity index (χ2v) is 7.56. The Hall–Kier alpha value is -2.09. The standard InChI is InChI=1S/C19H24N4O/c1-13-5-6-14(9-20)18(21-13)22-8-7-17(12-22)19(24)23-10-15-3-2-4-16(15)11-23/h5-6,15-17H,2-4,7-8,10-12H2,1H3. The molecule has 0 aromatic carbocycles. The van der Waals surface area contributed by atoms with Gasteiger partial charge >= 0.3 is 0 Å². The molecule has 1 saturated carbocycles. The highest BCUT2D eigenvalue weighted by Gasteiger charge is 2.41. The number of aromatic nitrogens is 1. The number of nitriles is 1. The second kappa shape index (κ2) is 6.08. The number of nitrogens with zero attached hydrogens (tertiary/aromatic N) is 4. The van der Waals surface area contributed by atoms with E-state index in [9.17, 15) is 10.1 Å². The maximum absolute atomic E-state index is 12.9. The van der Waals surface area contributed by atoms with Crippen molar-refractivity contribution in [3.8, 4) is 6.07 Å². The summed E-state index contributed by atoms with van der Waals surface area (Å²) in [6.45, 7) is 5.36. The largest absolute Gasteiger partial charge is 0.355 e. The van der Waals surface area contributed by atoms with Crippen molar-refractivity contribution in [3.63, 3.8) is 0 Å². The number of carbonyl (C=O) groups is 1. The van der Waals surface area contributed by atoms with Crippen LogP contribution in [0.4, 0.5) is 5.82 Å². The first-order valence-electron chi connectivity index (χ1n) is 9.07. The Morgan fingerprint density at radius 2 is 1.96 bits per heavy atom. The molecule has 3 atom stereocenters. The molecule has 1 aliphatic carbocycles. The van der Waals surface area contributed by atoms with Crippen LogP contribution >= 0.6 is 0 Å². The molecule has 0 N–H and O–H groups in total. The van der Waals surface area contributed by atoms with Gasteiger partial charge in [-0.3, -0.25) is 4.79 Å². The van der Waals surface area contributed by atoms with E-state index >= 15 is 0 Å². The van der Waals surface area contributed by atoms with Crippen LogP contribution in [0.2, 0.25) is 0 Å². The van der Waals surface area contributed by atoms with Gasteiger partial charge in [0, 0.05) is 31.9 Å². The lowest BCUT2D eigenvalue weighted by atomic mass is 10.0. The third kappa shape index (κ3) is 2.64. The molecule has 3 heterocycles. The average Bonchev–Trinajstić information content (AvgIpc) is 3.29. The lowest BCUT2D eigenvalue weighted by Crippen LogP contribution is -2.36. The van der Waals surface area contributed by atoms with Crippen LogP contribution in [0.5, 0.6) is 0 Å². The normalized spacial score (nSPS) is 28.9. The lowest BCUT2D eigenvalue weighted by Gasteiger charge is -2.22. The number of fused-ring (bicyclic) bond motifs is 1. The van der Waals surface area contributed by atoms with E-state index < -0.39 is 0 Å². The van der Waals surface area contributed by atoms with Gasteiger partial charge in [-0.15, -0.1) is 0 Å². The highest BCUT2D eigenvalue weighted by molar-refractivity contribution is 5.80. The van der Waals surface area contributed by atoms with Gasteiger partial charge in [-0.25, -0.2) is 4.98 Å². The molecule has 2 aliphatic heterocycles. The summed E-state index contributed by atoms with van der Waals surface area (Å²) in [5.41, 5.74) is 1.51. The lowest BCUT2D eigenvalue weighted by molar-refractivity contribution is -0.134. The zero-order chi connectivity index (χ0) is 16.7. The van der Waals surface area contributed by atoms with Crippen molar-refractivity contribution in [1.29, 1.82) is 5.26 Å². The minimum absolute atomic E-state index is 0.0534. The summed E-state index contributed by atoms with van der Waals surface area (Å²) in [6.07, 6.45) is 4.80. The SMILES string of the molecule is Cc1ccc(C#N)c(N2CCC(C(=O)N3CC4CCCC4C3)C2)n1. The summed E-state index contributed by atoms with van der Waals surface area (Å²) in [5, 5.41) is 9.32. The number of hydrogen-bond acceptors (Lipinski definition) is 4. The first-order chi connectivity index (χ1) is 11.7. The van der Waals surface area contributed by atoms with E-state index in [1.807, 2.05) is 19.1 Å². The van der Waals surface area contributed by atoms with Gasteiger partial charge in [0.2, 0.25) is 5.91 Å². The van der Waals surface area contributed by atoms with Gasteiger partial charge < -0.3 is 9.80 Å². The van der Waals surface area contributed by atoms with Crippen molar-refractivity contribution in [3.05, 3.63) is 23.4 Å². The smallest absolute Gasteiger partial charge is 0.227 e. The zero-order valence-electron chi connectivity index (χ0n) is 14.2. The first kappa shape index (κ1) is 15.4. The summed E-state index contributed by atoms with van der Waals surface area (Å²) < 4.78 is 0. The number of hydrogen-bond donors (Lipinski definition) is 0. The van der Waals surface area contributed by atoms with Gasteiger partial charge in [0.25, 0.3) is 0 Å². The Bertz CT molecular complexity index is 683. The molecular weight excluding hydrogens is 300 g/mol. The van der Waals surface area contributed by atoms with Crippen molar-refractivity contribution in [2.24, 2.45) is 17.8 Å². The molecule has 3 aliphatic rings. The van der Waals surface area contributed by atoms with E-state index in [-0.39, 0.29) is 5.92 Å². The highest BCUT2D eigenvalue weighted by atomic mass is 16.2. The third-order valence-electron chi connectivity index (χ3n) is 6.01. The van der Waals surface area contributed by atoms with Crippen LogP contribution in [0.25, 0.3) is 0 Å². The maximum atomic E-state index is 12.9. The predicted octanol–water partition coefficient (Wildman–Crippen LogP) is 2.35. The molecule has 3 unspecified atom stereocenters. The number of rotatable bonds is 2. The van der Waals surface area contributed by atoms with E-state index in [2.05, 4.69) is 20.9 Å². The number of pyridine rings is 1. The molecule has 1 aromatic rings. The van der Waals surface area contributed by atoms with Crippen LogP contribution in [0.15, 0.2) is 12.1 Å². The Morgan fingerprint density at radius 3 is 2.67 bits per heavy atom.